The number of imidazole rings is 1. The van der Waals surface area contributed by atoms with Gasteiger partial charge < -0.3 is 4.57 Å². The third-order valence-electron chi connectivity index (χ3n) is 1.23. The summed E-state index contributed by atoms with van der Waals surface area (Å²) < 4.78 is 1.93. The van der Waals surface area contributed by atoms with E-state index in [0.29, 0.717) is 5.92 Å². The van der Waals surface area contributed by atoms with E-state index in [1.54, 1.807) is 6.33 Å². The maximum Gasteiger partial charge on any atom is 0.0946 e. The molecule has 1 heterocycles. The summed E-state index contributed by atoms with van der Waals surface area (Å²) >= 11 is 0. The van der Waals surface area contributed by atoms with Crippen LogP contribution in [0.15, 0.2) is 12.5 Å². The molecular weight excluding hydrogens is 112 g/mol. The van der Waals surface area contributed by atoms with Gasteiger partial charge in [0.2, 0.25) is 0 Å². The van der Waals surface area contributed by atoms with Crippen LogP contribution in [0.5, 0.6) is 0 Å². The van der Waals surface area contributed by atoms with Crippen molar-refractivity contribution in [1.29, 1.82) is 0 Å². The molecule has 9 heavy (non-hydrogen) atoms. The van der Waals surface area contributed by atoms with Crippen LogP contribution < -0.4 is 0 Å². The summed E-state index contributed by atoms with van der Waals surface area (Å²) in [6, 6.07) is 0. The lowest BCUT2D eigenvalue weighted by molar-refractivity contribution is 0.899. The van der Waals surface area contributed by atoms with Gasteiger partial charge in [-0.15, -0.1) is 0 Å². The Kier molecular flexibility index (Phi) is 1.56. The normalized spacial score (nSPS) is 10.7. The summed E-state index contributed by atoms with van der Waals surface area (Å²) in [7, 11) is 1.96. The fourth-order valence-electron chi connectivity index (χ4n) is 0.688. The number of hydrogen-bond acceptors (Lipinski definition) is 1. The summed E-state index contributed by atoms with van der Waals surface area (Å²) in [5, 5.41) is 0. The molecule has 2 nitrogen and oxygen atoms in total. The van der Waals surface area contributed by atoms with Crippen molar-refractivity contribution >= 4 is 0 Å². The van der Waals surface area contributed by atoms with Gasteiger partial charge in [0.1, 0.15) is 0 Å². The van der Waals surface area contributed by atoms with E-state index in [2.05, 4.69) is 11.9 Å². The average molecular weight is 123 g/mol. The lowest BCUT2D eigenvalue weighted by Crippen LogP contribution is -1.85. The molecule has 1 aromatic heterocycles. The second kappa shape index (κ2) is 2.21. The molecule has 0 saturated carbocycles. The highest BCUT2D eigenvalue weighted by Crippen LogP contribution is 2.08. The predicted molar refractivity (Wildman–Crippen MR) is 37.0 cm³/mol. The van der Waals surface area contributed by atoms with Crippen molar-refractivity contribution in [3.63, 3.8) is 0 Å². The van der Waals surface area contributed by atoms with E-state index in [-0.39, 0.29) is 0 Å². The van der Waals surface area contributed by atoms with E-state index < -0.39 is 0 Å². The highest BCUT2D eigenvalue weighted by molar-refractivity contribution is 5.03. The molecule has 0 fully saturated rings. The van der Waals surface area contributed by atoms with Gasteiger partial charge in [0, 0.05) is 13.2 Å². The maximum absolute atomic E-state index is 4.12. The van der Waals surface area contributed by atoms with Gasteiger partial charge >= 0.3 is 0 Å². The van der Waals surface area contributed by atoms with E-state index in [9.17, 15) is 0 Å². The van der Waals surface area contributed by atoms with Crippen molar-refractivity contribution in [2.75, 3.05) is 0 Å². The van der Waals surface area contributed by atoms with Crippen LogP contribution in [0, 0.1) is 6.92 Å². The average Bonchev–Trinajstić information content (AvgIpc) is 2.14. The summed E-state index contributed by atoms with van der Waals surface area (Å²) in [4.78, 5) is 4.12. The van der Waals surface area contributed by atoms with E-state index in [4.69, 9.17) is 0 Å². The van der Waals surface area contributed by atoms with Crippen LogP contribution in [0.2, 0.25) is 0 Å². The summed E-state index contributed by atoms with van der Waals surface area (Å²) in [5.74, 6) is 0.297. The molecule has 0 aliphatic rings. The van der Waals surface area contributed by atoms with Crippen LogP contribution in [-0.2, 0) is 7.05 Å². The number of nitrogens with zero attached hydrogens (tertiary/aromatic N) is 2. The van der Waals surface area contributed by atoms with Crippen molar-refractivity contribution in [3.05, 3.63) is 25.1 Å². The molecule has 49 valence electrons. The smallest absolute Gasteiger partial charge is 0.0946 e. The number of rotatable bonds is 1. The first kappa shape index (κ1) is 6.33. The minimum Gasteiger partial charge on any atom is -0.340 e. The van der Waals surface area contributed by atoms with Gasteiger partial charge in [-0.25, -0.2) is 4.98 Å². The Bertz CT molecular complexity index is 189. The number of hydrogen-bond donors (Lipinski definition) is 0. The Morgan fingerprint density at radius 3 is 2.67 bits per heavy atom. The Labute approximate surface area is 55.5 Å². The second-order valence-electron chi connectivity index (χ2n) is 2.37. The fraction of sp³-hybridized carbons (Fsp3) is 0.429. The Morgan fingerprint density at radius 1 is 1.78 bits per heavy atom. The first-order chi connectivity index (χ1) is 4.20. The van der Waals surface area contributed by atoms with Gasteiger partial charge in [-0.05, 0) is 12.8 Å². The molecule has 1 atom stereocenters. The van der Waals surface area contributed by atoms with Gasteiger partial charge in [0.05, 0.1) is 12.0 Å². The molecule has 1 aromatic rings. The largest absolute Gasteiger partial charge is 0.340 e. The molecule has 0 N–H and O–H groups in total. The molecule has 1 unspecified atom stereocenters. The molecule has 2 heteroatoms. The van der Waals surface area contributed by atoms with Crippen LogP contribution in [-0.4, -0.2) is 9.55 Å². The molecule has 0 aliphatic carbocycles. The molecule has 0 amide bonds. The van der Waals surface area contributed by atoms with Crippen molar-refractivity contribution in [1.82, 2.24) is 9.55 Å². The van der Waals surface area contributed by atoms with E-state index >= 15 is 0 Å². The van der Waals surface area contributed by atoms with Crippen molar-refractivity contribution in [2.24, 2.45) is 7.05 Å². The highest BCUT2D eigenvalue weighted by Gasteiger charge is 1.99. The molecule has 1 rings (SSSR count). The summed E-state index contributed by atoms with van der Waals surface area (Å²) in [6.07, 6.45) is 3.77. The van der Waals surface area contributed by atoms with Crippen LogP contribution >= 0.6 is 0 Å². The monoisotopic (exact) mass is 123 g/mol. The van der Waals surface area contributed by atoms with E-state index in [1.807, 2.05) is 24.7 Å². The Morgan fingerprint density at radius 2 is 2.44 bits per heavy atom. The zero-order chi connectivity index (χ0) is 6.85. The van der Waals surface area contributed by atoms with E-state index in [1.165, 1.54) is 0 Å². The van der Waals surface area contributed by atoms with Gasteiger partial charge in [0.15, 0.2) is 0 Å². The number of aromatic nitrogens is 2. The van der Waals surface area contributed by atoms with Crippen LogP contribution in [0.3, 0.4) is 0 Å². The molecule has 0 aliphatic heterocycles. The lowest BCUT2D eigenvalue weighted by Gasteiger charge is -1.94. The van der Waals surface area contributed by atoms with Gasteiger partial charge in [0.25, 0.3) is 0 Å². The van der Waals surface area contributed by atoms with Gasteiger partial charge in [-0.1, -0.05) is 6.92 Å². The van der Waals surface area contributed by atoms with Crippen molar-refractivity contribution in [2.45, 2.75) is 12.8 Å². The molecular formula is C7H11N2. The van der Waals surface area contributed by atoms with Crippen LogP contribution in [0.4, 0.5) is 0 Å². The third-order valence-corrected chi connectivity index (χ3v) is 1.23. The Balaban J connectivity index is 2.85. The molecule has 0 spiro atoms. The summed E-state index contributed by atoms with van der Waals surface area (Å²) in [6.45, 7) is 5.88. The first-order valence-corrected chi connectivity index (χ1v) is 3.01. The molecule has 1 radical (unpaired) electrons. The van der Waals surface area contributed by atoms with Crippen molar-refractivity contribution < 1.29 is 0 Å². The topological polar surface area (TPSA) is 17.8 Å². The quantitative estimate of drug-likeness (QED) is 0.551. The Hall–Kier alpha value is -0.790. The standard InChI is InChI=1S/C7H11N2/c1-6(2)7-4-9(3)5-8-7/h4-6H,1H2,2-3H3. The minimum atomic E-state index is 0.297. The van der Waals surface area contributed by atoms with E-state index in [0.717, 1.165) is 5.69 Å². The molecule has 0 bridgehead atoms. The molecule has 0 saturated heterocycles. The predicted octanol–water partition coefficient (Wildman–Crippen LogP) is 1.36. The maximum atomic E-state index is 4.12. The van der Waals surface area contributed by atoms with Crippen LogP contribution in [0.25, 0.3) is 0 Å². The lowest BCUT2D eigenvalue weighted by atomic mass is 10.2. The zero-order valence-corrected chi connectivity index (χ0v) is 5.83. The minimum absolute atomic E-state index is 0.297. The van der Waals surface area contributed by atoms with Gasteiger partial charge in [-0.3, -0.25) is 0 Å². The SMILES string of the molecule is [CH2]C(C)c1cn(C)cn1. The number of aryl methyl sites for hydroxylation is 1. The van der Waals surface area contributed by atoms with Gasteiger partial charge in [-0.2, -0.15) is 0 Å². The summed E-state index contributed by atoms with van der Waals surface area (Å²) in [5.41, 5.74) is 1.05. The fourth-order valence-corrected chi connectivity index (χ4v) is 0.688. The molecule has 0 aromatic carbocycles. The third kappa shape index (κ3) is 1.31. The second-order valence-corrected chi connectivity index (χ2v) is 2.37. The van der Waals surface area contributed by atoms with Crippen molar-refractivity contribution in [3.8, 4) is 0 Å². The van der Waals surface area contributed by atoms with Crippen LogP contribution in [0.1, 0.15) is 18.5 Å². The zero-order valence-electron chi connectivity index (χ0n) is 5.83. The highest BCUT2D eigenvalue weighted by atomic mass is 15.0. The first-order valence-electron chi connectivity index (χ1n) is 3.01.